The number of alkyl halides is 1. The molecule has 2 aromatic heterocycles. The Labute approximate surface area is 208 Å². The number of ether oxygens (including phenoxy) is 1. The summed E-state index contributed by atoms with van der Waals surface area (Å²) in [6.07, 6.45) is 3.19. The zero-order chi connectivity index (χ0) is 24.5. The number of H-pyrrole nitrogens is 1. The van der Waals surface area contributed by atoms with Gasteiger partial charge in [0.25, 0.3) is 0 Å². The summed E-state index contributed by atoms with van der Waals surface area (Å²) in [7, 11) is 2.16. The quantitative estimate of drug-likeness (QED) is 0.342. The minimum atomic E-state index is -1.27. The van der Waals surface area contributed by atoms with Gasteiger partial charge in [0, 0.05) is 40.6 Å². The maximum absolute atomic E-state index is 14.9. The van der Waals surface area contributed by atoms with E-state index in [2.05, 4.69) is 79.0 Å². The molecule has 3 heterocycles. The third-order valence-corrected chi connectivity index (χ3v) is 7.83. The maximum Gasteiger partial charge on any atom is 0.174 e. The molecule has 186 valence electrons. The van der Waals surface area contributed by atoms with Crippen molar-refractivity contribution in [3.8, 4) is 5.06 Å². The van der Waals surface area contributed by atoms with E-state index in [1.165, 1.54) is 21.5 Å². The Morgan fingerprint density at radius 3 is 2.71 bits per heavy atom. The summed E-state index contributed by atoms with van der Waals surface area (Å²) >= 11 is 1.70. The number of halogens is 1. The van der Waals surface area contributed by atoms with Crippen molar-refractivity contribution in [3.63, 3.8) is 0 Å². The Balaban J connectivity index is 1.67. The highest BCUT2D eigenvalue weighted by Crippen LogP contribution is 2.44. The number of thiophene rings is 1. The Hall–Kier alpha value is -1.89. The number of likely N-dealkylation sites (N-methyl/N-ethyl adjacent to an activating group) is 1. The fourth-order valence-corrected chi connectivity index (χ4v) is 6.33. The molecule has 1 aliphatic heterocycles. The van der Waals surface area contributed by atoms with Crippen LogP contribution in [0.2, 0.25) is 0 Å². The van der Waals surface area contributed by atoms with Gasteiger partial charge in [0.1, 0.15) is 11.8 Å². The molecular weight excluding hydrogens is 445 g/mol. The Morgan fingerprint density at radius 2 is 2.00 bits per heavy atom. The Bertz CT molecular complexity index is 1080. The van der Waals surface area contributed by atoms with Crippen LogP contribution in [0.15, 0.2) is 36.4 Å². The van der Waals surface area contributed by atoms with Crippen molar-refractivity contribution >= 4 is 22.2 Å². The zero-order valence-corrected chi connectivity index (χ0v) is 22.3. The Kier molecular flexibility index (Phi) is 7.70. The highest BCUT2D eigenvalue weighted by Gasteiger charge is 2.39. The van der Waals surface area contributed by atoms with Gasteiger partial charge in [0.2, 0.25) is 0 Å². The van der Waals surface area contributed by atoms with Crippen LogP contribution >= 0.6 is 11.3 Å². The van der Waals surface area contributed by atoms with Crippen LogP contribution in [0.25, 0.3) is 10.9 Å². The van der Waals surface area contributed by atoms with Crippen LogP contribution in [0.5, 0.6) is 5.06 Å². The predicted molar refractivity (Wildman–Crippen MR) is 142 cm³/mol. The molecule has 0 saturated heterocycles. The van der Waals surface area contributed by atoms with Crippen molar-refractivity contribution in [2.24, 2.45) is 0 Å². The summed E-state index contributed by atoms with van der Waals surface area (Å²) in [5, 5.41) is 2.23. The number of hydrogen-bond acceptors (Lipinski definition) is 4. The number of nitrogens with zero attached hydrogens (tertiary/aromatic N) is 2. The van der Waals surface area contributed by atoms with E-state index in [-0.39, 0.29) is 18.2 Å². The first kappa shape index (κ1) is 25.2. The van der Waals surface area contributed by atoms with Gasteiger partial charge in [-0.25, -0.2) is 4.39 Å². The predicted octanol–water partition coefficient (Wildman–Crippen LogP) is 6.81. The van der Waals surface area contributed by atoms with Crippen molar-refractivity contribution in [1.82, 2.24) is 14.8 Å². The van der Waals surface area contributed by atoms with E-state index in [1.807, 2.05) is 0 Å². The molecule has 6 heteroatoms. The standard InChI is InChI=1S/C28H40FN3OS/c1-7-15-31(6)17-20(8-2)33-25-14-13-24(34-25)27-26-22(21-11-9-10-12-23(21)30-26)16-19(3)32(27)18-28(4,5)29/h9-14,19-20,27,30H,7-8,15-18H2,1-6H3/t19-,20-,27-/m1/s1. The summed E-state index contributed by atoms with van der Waals surface area (Å²) in [6, 6.07) is 13.0. The van der Waals surface area contributed by atoms with Crippen LogP contribution in [0.4, 0.5) is 4.39 Å². The first-order valence-electron chi connectivity index (χ1n) is 12.7. The van der Waals surface area contributed by atoms with Crippen LogP contribution in [-0.4, -0.2) is 59.3 Å². The lowest BCUT2D eigenvalue weighted by Crippen LogP contribution is -2.47. The second-order valence-corrected chi connectivity index (χ2v) is 11.6. The van der Waals surface area contributed by atoms with Gasteiger partial charge in [-0.2, -0.15) is 0 Å². The SMILES string of the molecule is CCCN(C)C[C@@H](CC)Oc1ccc([C@@H]2c3[nH]c4ccccc4c3C[C@@H](C)N2CC(C)(C)F)s1. The molecule has 0 fully saturated rings. The summed E-state index contributed by atoms with van der Waals surface area (Å²) in [6.45, 7) is 12.4. The molecule has 4 nitrogen and oxygen atoms in total. The second kappa shape index (κ2) is 10.4. The van der Waals surface area contributed by atoms with E-state index in [0.29, 0.717) is 6.54 Å². The molecule has 4 rings (SSSR count). The molecule has 0 saturated carbocycles. The number of para-hydroxylation sites is 1. The molecule has 3 atom stereocenters. The minimum absolute atomic E-state index is 0.00799. The summed E-state index contributed by atoms with van der Waals surface area (Å²) in [4.78, 5) is 9.57. The lowest BCUT2D eigenvalue weighted by molar-refractivity contribution is 0.0679. The van der Waals surface area contributed by atoms with Gasteiger partial charge in [-0.3, -0.25) is 4.90 Å². The van der Waals surface area contributed by atoms with Gasteiger partial charge < -0.3 is 14.6 Å². The van der Waals surface area contributed by atoms with E-state index in [4.69, 9.17) is 4.74 Å². The number of hydrogen-bond donors (Lipinski definition) is 1. The van der Waals surface area contributed by atoms with Crippen LogP contribution < -0.4 is 4.74 Å². The lowest BCUT2D eigenvalue weighted by atomic mass is 9.90. The van der Waals surface area contributed by atoms with E-state index >= 15 is 0 Å². The topological polar surface area (TPSA) is 31.5 Å². The lowest BCUT2D eigenvalue weighted by Gasteiger charge is -2.42. The first-order valence-corrected chi connectivity index (χ1v) is 13.5. The van der Waals surface area contributed by atoms with Gasteiger partial charge in [-0.05, 0) is 77.4 Å². The molecule has 34 heavy (non-hydrogen) atoms. The highest BCUT2D eigenvalue weighted by atomic mass is 32.1. The smallest absolute Gasteiger partial charge is 0.174 e. The van der Waals surface area contributed by atoms with Gasteiger partial charge in [-0.1, -0.05) is 32.0 Å². The normalized spacial score (nSPS) is 20.1. The fraction of sp³-hybridized carbons (Fsp3) is 0.571. The molecule has 0 unspecified atom stereocenters. The third kappa shape index (κ3) is 5.50. The van der Waals surface area contributed by atoms with Gasteiger partial charge in [0.15, 0.2) is 5.06 Å². The molecule has 0 amide bonds. The van der Waals surface area contributed by atoms with Crippen molar-refractivity contribution in [1.29, 1.82) is 0 Å². The largest absolute Gasteiger partial charge is 0.480 e. The molecule has 1 aliphatic rings. The van der Waals surface area contributed by atoms with E-state index < -0.39 is 5.67 Å². The van der Waals surface area contributed by atoms with E-state index in [1.54, 1.807) is 25.2 Å². The number of nitrogens with one attached hydrogen (secondary N) is 1. The summed E-state index contributed by atoms with van der Waals surface area (Å²) < 4.78 is 21.4. The van der Waals surface area contributed by atoms with Gasteiger partial charge >= 0.3 is 0 Å². The van der Waals surface area contributed by atoms with Crippen LogP contribution in [0.1, 0.15) is 69.6 Å². The molecule has 0 bridgehead atoms. The molecular formula is C28H40FN3OS. The van der Waals surface area contributed by atoms with Crippen molar-refractivity contribution in [3.05, 3.63) is 52.5 Å². The molecule has 1 N–H and O–H groups in total. The molecule has 0 radical (unpaired) electrons. The van der Waals surface area contributed by atoms with Crippen molar-refractivity contribution in [2.45, 2.75) is 77.7 Å². The average molecular weight is 486 g/mol. The van der Waals surface area contributed by atoms with Crippen molar-refractivity contribution < 1.29 is 9.13 Å². The third-order valence-electron chi connectivity index (χ3n) is 6.81. The number of rotatable bonds is 10. The molecule has 0 spiro atoms. The van der Waals surface area contributed by atoms with Crippen LogP contribution in [0, 0.1) is 0 Å². The highest BCUT2D eigenvalue weighted by molar-refractivity contribution is 7.13. The zero-order valence-electron chi connectivity index (χ0n) is 21.5. The second-order valence-electron chi connectivity index (χ2n) is 10.5. The molecule has 3 aromatic rings. The van der Waals surface area contributed by atoms with E-state index in [9.17, 15) is 4.39 Å². The summed E-state index contributed by atoms with van der Waals surface area (Å²) in [5.41, 5.74) is 2.45. The van der Waals surface area contributed by atoms with Gasteiger partial charge in [-0.15, -0.1) is 11.3 Å². The van der Waals surface area contributed by atoms with E-state index in [0.717, 1.165) is 42.9 Å². The maximum atomic E-state index is 14.9. The first-order chi connectivity index (χ1) is 16.2. The van der Waals surface area contributed by atoms with Gasteiger partial charge in [0.05, 0.1) is 6.04 Å². The van der Waals surface area contributed by atoms with Crippen molar-refractivity contribution in [2.75, 3.05) is 26.7 Å². The Morgan fingerprint density at radius 1 is 1.24 bits per heavy atom. The number of aromatic nitrogens is 1. The monoisotopic (exact) mass is 485 g/mol. The number of aromatic amines is 1. The van der Waals surface area contributed by atoms with Crippen LogP contribution in [-0.2, 0) is 6.42 Å². The minimum Gasteiger partial charge on any atom is -0.480 e. The number of fused-ring (bicyclic) bond motifs is 3. The number of benzene rings is 1. The fourth-order valence-electron chi connectivity index (χ4n) is 5.27. The molecule has 1 aromatic carbocycles. The average Bonchev–Trinajstić information content (AvgIpc) is 3.37. The van der Waals surface area contributed by atoms with Crippen LogP contribution in [0.3, 0.4) is 0 Å². The molecule has 0 aliphatic carbocycles. The summed E-state index contributed by atoms with van der Waals surface area (Å²) in [5.74, 6) is 0.